The normalized spacial score (nSPS) is 26.1. The number of aromatic nitrogens is 2. The fraction of sp³-hybridized carbons (Fsp3) is 0.231. The molecule has 5 nitrogen and oxygen atoms in total. The third kappa shape index (κ3) is 3.20. The van der Waals surface area contributed by atoms with E-state index < -0.39 is 5.60 Å². The van der Waals surface area contributed by atoms with Crippen molar-refractivity contribution in [1.29, 1.82) is 0 Å². The molecule has 2 saturated carbocycles. The van der Waals surface area contributed by atoms with Crippen molar-refractivity contribution < 1.29 is 9.90 Å². The minimum atomic E-state index is -0.948. The van der Waals surface area contributed by atoms with Gasteiger partial charge in [-0.25, -0.2) is 0 Å². The maximum Gasteiger partial charge on any atom is 0.251 e. The van der Waals surface area contributed by atoms with Gasteiger partial charge in [0.2, 0.25) is 0 Å². The summed E-state index contributed by atoms with van der Waals surface area (Å²) in [5.41, 5.74) is 3.46. The Morgan fingerprint density at radius 1 is 1.03 bits per heavy atom. The maximum atomic E-state index is 12.9. The Hall–Kier alpha value is -3.15. The number of fused-ring (bicyclic) bond motifs is 2. The average molecular weight is 444 g/mol. The lowest BCUT2D eigenvalue weighted by atomic mass is 9.86. The van der Waals surface area contributed by atoms with Crippen molar-refractivity contribution in [2.24, 2.45) is 11.8 Å². The molecule has 0 spiro atoms. The van der Waals surface area contributed by atoms with Gasteiger partial charge in [-0.15, -0.1) is 0 Å². The number of nitrogens with zero attached hydrogens (tertiary/aromatic N) is 1. The zero-order valence-electron chi connectivity index (χ0n) is 17.3. The molecule has 32 heavy (non-hydrogen) atoms. The molecule has 1 unspecified atom stereocenters. The van der Waals surface area contributed by atoms with Crippen LogP contribution in [0.5, 0.6) is 0 Å². The Morgan fingerprint density at radius 2 is 1.78 bits per heavy atom. The van der Waals surface area contributed by atoms with Crippen LogP contribution in [0, 0.1) is 11.8 Å². The summed E-state index contributed by atoms with van der Waals surface area (Å²) in [6, 6.07) is 21.5. The SMILES string of the molecule is O=C(NC1[C@H]2C[C@](O)(c3cc(Cl)cc4[nH]ncc34)C[C@@H]12)c1cccc(-c2ccccc2)c1. The van der Waals surface area contributed by atoms with Gasteiger partial charge in [0.15, 0.2) is 0 Å². The van der Waals surface area contributed by atoms with Crippen molar-refractivity contribution in [1.82, 2.24) is 15.5 Å². The van der Waals surface area contributed by atoms with Crippen LogP contribution in [0.3, 0.4) is 0 Å². The van der Waals surface area contributed by atoms with Crippen molar-refractivity contribution in [2.45, 2.75) is 24.5 Å². The Labute approximate surface area is 190 Å². The van der Waals surface area contributed by atoms with E-state index in [0.717, 1.165) is 27.6 Å². The number of carbonyl (C=O) groups is 1. The van der Waals surface area contributed by atoms with Crippen molar-refractivity contribution in [3.05, 3.63) is 89.1 Å². The van der Waals surface area contributed by atoms with E-state index in [0.29, 0.717) is 23.4 Å². The number of nitrogens with one attached hydrogen (secondary N) is 2. The number of halogens is 1. The summed E-state index contributed by atoms with van der Waals surface area (Å²) < 4.78 is 0. The fourth-order valence-electron chi connectivity index (χ4n) is 5.41. The van der Waals surface area contributed by atoms with Gasteiger partial charge >= 0.3 is 0 Å². The summed E-state index contributed by atoms with van der Waals surface area (Å²) in [4.78, 5) is 12.9. The molecule has 2 aliphatic carbocycles. The van der Waals surface area contributed by atoms with Gasteiger partial charge in [-0.05, 0) is 65.6 Å². The van der Waals surface area contributed by atoms with Crippen molar-refractivity contribution in [3.63, 3.8) is 0 Å². The molecule has 4 aromatic rings. The number of hydrogen-bond donors (Lipinski definition) is 3. The van der Waals surface area contributed by atoms with Crippen LogP contribution in [-0.2, 0) is 5.60 Å². The minimum Gasteiger partial charge on any atom is -0.385 e. The Balaban J connectivity index is 1.17. The number of H-pyrrole nitrogens is 1. The van der Waals surface area contributed by atoms with Crippen LogP contribution in [0.2, 0.25) is 5.02 Å². The Morgan fingerprint density at radius 3 is 2.56 bits per heavy atom. The van der Waals surface area contributed by atoms with E-state index in [1.807, 2.05) is 66.7 Å². The molecular formula is C26H22ClN3O2. The van der Waals surface area contributed by atoms with E-state index in [1.165, 1.54) is 0 Å². The molecule has 2 aliphatic rings. The number of aromatic amines is 1. The van der Waals surface area contributed by atoms with Gasteiger partial charge in [0, 0.05) is 22.0 Å². The van der Waals surface area contributed by atoms with Crippen LogP contribution in [0.15, 0.2) is 72.9 Å². The lowest BCUT2D eigenvalue weighted by Gasteiger charge is -2.27. The summed E-state index contributed by atoms with van der Waals surface area (Å²) >= 11 is 6.28. The van der Waals surface area contributed by atoms with Gasteiger partial charge in [-0.3, -0.25) is 9.89 Å². The van der Waals surface area contributed by atoms with E-state index in [1.54, 1.807) is 6.20 Å². The molecule has 6 rings (SSSR count). The summed E-state index contributed by atoms with van der Waals surface area (Å²) in [6.07, 6.45) is 2.95. The first-order valence-corrected chi connectivity index (χ1v) is 11.2. The number of benzene rings is 3. The van der Waals surface area contributed by atoms with Crippen LogP contribution >= 0.6 is 11.6 Å². The third-order valence-electron chi connectivity index (χ3n) is 7.03. The number of amides is 1. The van der Waals surface area contributed by atoms with E-state index in [9.17, 15) is 9.90 Å². The standard InChI is InChI=1S/C26H22ClN3O2/c27-18-10-22(21-14-28-30-23(21)11-18)26(32)12-19-20(13-26)24(19)29-25(31)17-8-4-7-16(9-17)15-5-2-1-3-6-15/h1-11,14,19-20,24,32H,12-13H2,(H,28,30)(H,29,31)/t19-,20+,24?,26+. The number of hydrogen-bond acceptors (Lipinski definition) is 3. The van der Waals surface area contributed by atoms with E-state index in [2.05, 4.69) is 15.5 Å². The van der Waals surface area contributed by atoms with Crippen molar-refractivity contribution in [2.75, 3.05) is 0 Å². The summed E-state index contributed by atoms with van der Waals surface area (Å²) in [7, 11) is 0. The average Bonchev–Trinajstić information content (AvgIpc) is 3.14. The van der Waals surface area contributed by atoms with Gasteiger partial charge in [0.1, 0.15) is 0 Å². The van der Waals surface area contributed by atoms with Gasteiger partial charge in [-0.1, -0.05) is 54.1 Å². The zero-order chi connectivity index (χ0) is 21.9. The minimum absolute atomic E-state index is 0.0642. The molecule has 1 aromatic heterocycles. The lowest BCUT2D eigenvalue weighted by Crippen LogP contribution is -2.33. The topological polar surface area (TPSA) is 78.0 Å². The maximum absolute atomic E-state index is 12.9. The van der Waals surface area contributed by atoms with Crippen molar-refractivity contribution >= 4 is 28.4 Å². The Bertz CT molecular complexity index is 1320. The highest BCUT2D eigenvalue weighted by molar-refractivity contribution is 6.31. The number of carbonyl (C=O) groups excluding carboxylic acids is 1. The highest BCUT2D eigenvalue weighted by atomic mass is 35.5. The smallest absolute Gasteiger partial charge is 0.251 e. The second kappa shape index (κ2) is 7.19. The van der Waals surface area contributed by atoms with Gasteiger partial charge in [0.05, 0.1) is 17.3 Å². The van der Waals surface area contributed by atoms with Crippen LogP contribution in [-0.4, -0.2) is 27.3 Å². The molecule has 4 atom stereocenters. The van der Waals surface area contributed by atoms with E-state index in [4.69, 9.17) is 11.6 Å². The summed E-state index contributed by atoms with van der Waals surface area (Å²) in [6.45, 7) is 0. The molecule has 3 aromatic carbocycles. The first kappa shape index (κ1) is 19.5. The molecule has 0 radical (unpaired) electrons. The molecule has 0 bridgehead atoms. The highest BCUT2D eigenvalue weighted by Gasteiger charge is 2.62. The first-order valence-electron chi connectivity index (χ1n) is 10.8. The second-order valence-corrected chi connectivity index (χ2v) is 9.43. The summed E-state index contributed by atoms with van der Waals surface area (Å²) in [5, 5.41) is 23.1. The number of aliphatic hydroxyl groups is 1. The van der Waals surface area contributed by atoms with Crippen LogP contribution < -0.4 is 5.32 Å². The zero-order valence-corrected chi connectivity index (χ0v) is 18.0. The van der Waals surface area contributed by atoms with Gasteiger partial charge < -0.3 is 10.4 Å². The third-order valence-corrected chi connectivity index (χ3v) is 7.25. The molecule has 1 heterocycles. The fourth-order valence-corrected chi connectivity index (χ4v) is 5.62. The monoisotopic (exact) mass is 443 g/mol. The Kier molecular flexibility index (Phi) is 4.39. The van der Waals surface area contributed by atoms with Crippen LogP contribution in [0.4, 0.5) is 0 Å². The second-order valence-electron chi connectivity index (χ2n) is 9.00. The molecule has 2 fully saturated rings. The molecule has 3 N–H and O–H groups in total. The van der Waals surface area contributed by atoms with E-state index in [-0.39, 0.29) is 23.8 Å². The van der Waals surface area contributed by atoms with Crippen LogP contribution in [0.1, 0.15) is 28.8 Å². The quantitative estimate of drug-likeness (QED) is 0.419. The van der Waals surface area contributed by atoms with Crippen LogP contribution in [0.25, 0.3) is 22.0 Å². The predicted molar refractivity (Wildman–Crippen MR) is 124 cm³/mol. The molecule has 160 valence electrons. The molecule has 0 aliphatic heterocycles. The van der Waals surface area contributed by atoms with Gasteiger partial charge in [0.25, 0.3) is 5.91 Å². The number of rotatable bonds is 4. The molecule has 1 amide bonds. The lowest BCUT2D eigenvalue weighted by molar-refractivity contribution is 0.0293. The summed E-state index contributed by atoms with van der Waals surface area (Å²) in [5.74, 6) is 0.468. The molecule has 0 saturated heterocycles. The highest BCUT2D eigenvalue weighted by Crippen LogP contribution is 2.60. The molecular weight excluding hydrogens is 422 g/mol. The van der Waals surface area contributed by atoms with E-state index >= 15 is 0 Å². The largest absolute Gasteiger partial charge is 0.385 e. The van der Waals surface area contributed by atoms with Gasteiger partial charge in [-0.2, -0.15) is 5.10 Å². The first-order chi connectivity index (χ1) is 15.5. The van der Waals surface area contributed by atoms with Crippen molar-refractivity contribution in [3.8, 4) is 11.1 Å². The molecule has 6 heteroatoms. The predicted octanol–water partition coefficient (Wildman–Crippen LogP) is 4.91.